The lowest BCUT2D eigenvalue weighted by Crippen LogP contribution is -2.45. The largest absolute Gasteiger partial charge is 0.489 e. The molecular weight excluding hydrogens is 340 g/mol. The summed E-state index contributed by atoms with van der Waals surface area (Å²) >= 11 is 0. The molecule has 1 atom stereocenters. The molecule has 2 aromatic rings. The van der Waals surface area contributed by atoms with Gasteiger partial charge in [0.1, 0.15) is 0 Å². The standard InChI is InChI=1S/C18H24N4O2.ClH/c1-2-11-24-16-13-22(15-8-4-3-5-9-15)21-17(16)18(23)20-14-7-6-10-19-12-14;/h3-5,8-9,13-14,19H,2,6-7,10-12H2,1H3,(H,20,23);1H. The first-order valence-electron chi connectivity index (χ1n) is 8.57. The van der Waals surface area contributed by atoms with Crippen molar-refractivity contribution in [3.63, 3.8) is 0 Å². The molecule has 1 aromatic carbocycles. The normalized spacial score (nSPS) is 16.8. The van der Waals surface area contributed by atoms with Crippen molar-refractivity contribution in [3.8, 4) is 11.4 Å². The molecule has 0 aliphatic carbocycles. The minimum Gasteiger partial charge on any atom is -0.489 e. The van der Waals surface area contributed by atoms with Gasteiger partial charge in [0.25, 0.3) is 5.91 Å². The molecule has 1 amide bonds. The van der Waals surface area contributed by atoms with Gasteiger partial charge in [-0.15, -0.1) is 12.4 Å². The molecule has 1 aliphatic heterocycles. The van der Waals surface area contributed by atoms with Gasteiger partial charge in [-0.05, 0) is 37.9 Å². The van der Waals surface area contributed by atoms with E-state index < -0.39 is 0 Å². The topological polar surface area (TPSA) is 68.2 Å². The first-order chi connectivity index (χ1) is 11.8. The number of amides is 1. The third kappa shape index (κ3) is 4.96. The number of benzene rings is 1. The molecule has 7 heteroatoms. The first-order valence-corrected chi connectivity index (χ1v) is 8.57. The highest BCUT2D eigenvalue weighted by atomic mass is 35.5. The van der Waals surface area contributed by atoms with Crippen molar-refractivity contribution in [2.24, 2.45) is 0 Å². The van der Waals surface area contributed by atoms with Crippen molar-refractivity contribution in [1.29, 1.82) is 0 Å². The number of hydrogen-bond donors (Lipinski definition) is 2. The van der Waals surface area contributed by atoms with Gasteiger partial charge in [-0.3, -0.25) is 4.79 Å². The second-order valence-electron chi connectivity index (χ2n) is 5.99. The van der Waals surface area contributed by atoms with E-state index in [9.17, 15) is 4.79 Å². The average molecular weight is 365 g/mol. The molecule has 1 fully saturated rings. The maximum absolute atomic E-state index is 12.6. The molecule has 136 valence electrons. The van der Waals surface area contributed by atoms with Crippen LogP contribution < -0.4 is 15.4 Å². The van der Waals surface area contributed by atoms with Gasteiger partial charge in [-0.1, -0.05) is 25.1 Å². The summed E-state index contributed by atoms with van der Waals surface area (Å²) in [6, 6.07) is 9.87. The van der Waals surface area contributed by atoms with Crippen molar-refractivity contribution < 1.29 is 9.53 Å². The Labute approximate surface area is 154 Å². The first kappa shape index (κ1) is 19.3. The van der Waals surface area contributed by atoms with Crippen LogP contribution in [0, 0.1) is 0 Å². The molecule has 0 bridgehead atoms. The smallest absolute Gasteiger partial charge is 0.275 e. The average Bonchev–Trinajstić information content (AvgIpc) is 3.06. The van der Waals surface area contributed by atoms with Crippen molar-refractivity contribution in [3.05, 3.63) is 42.2 Å². The Kier molecular flexibility index (Phi) is 7.28. The lowest BCUT2D eigenvalue weighted by molar-refractivity contribution is 0.0921. The van der Waals surface area contributed by atoms with E-state index in [-0.39, 0.29) is 24.4 Å². The number of halogens is 1. The molecule has 2 N–H and O–H groups in total. The summed E-state index contributed by atoms with van der Waals surface area (Å²) in [4.78, 5) is 12.6. The number of carbonyl (C=O) groups is 1. The minimum absolute atomic E-state index is 0. The second-order valence-corrected chi connectivity index (χ2v) is 5.99. The predicted octanol–water partition coefficient (Wildman–Crippen LogP) is 2.56. The van der Waals surface area contributed by atoms with Crippen LogP contribution in [-0.4, -0.2) is 41.4 Å². The fourth-order valence-corrected chi connectivity index (χ4v) is 2.77. The van der Waals surface area contributed by atoms with Crippen LogP contribution in [0.15, 0.2) is 36.5 Å². The third-order valence-corrected chi connectivity index (χ3v) is 4.01. The van der Waals surface area contributed by atoms with E-state index in [1.807, 2.05) is 37.3 Å². The van der Waals surface area contributed by atoms with E-state index in [1.165, 1.54) is 0 Å². The Morgan fingerprint density at radius 3 is 2.88 bits per heavy atom. The maximum Gasteiger partial charge on any atom is 0.275 e. The number of piperidine rings is 1. The lowest BCUT2D eigenvalue weighted by Gasteiger charge is -2.23. The zero-order chi connectivity index (χ0) is 16.8. The quantitative estimate of drug-likeness (QED) is 0.826. The number of nitrogens with one attached hydrogen (secondary N) is 2. The van der Waals surface area contributed by atoms with Crippen LogP contribution in [0.25, 0.3) is 5.69 Å². The summed E-state index contributed by atoms with van der Waals surface area (Å²) in [5.41, 5.74) is 1.25. The van der Waals surface area contributed by atoms with E-state index in [0.717, 1.165) is 38.0 Å². The Hall–Kier alpha value is -2.05. The Morgan fingerprint density at radius 1 is 1.40 bits per heavy atom. The summed E-state index contributed by atoms with van der Waals surface area (Å²) in [7, 11) is 0. The van der Waals surface area contributed by atoms with E-state index in [2.05, 4.69) is 15.7 Å². The molecular formula is C18H25ClN4O2. The minimum atomic E-state index is -0.176. The molecule has 1 aromatic heterocycles. The molecule has 1 unspecified atom stereocenters. The van der Waals surface area contributed by atoms with Gasteiger partial charge in [-0.25, -0.2) is 4.68 Å². The summed E-state index contributed by atoms with van der Waals surface area (Å²) in [5.74, 6) is 0.353. The SMILES string of the molecule is CCCOc1cn(-c2ccccc2)nc1C(=O)NC1CCCNC1.Cl. The van der Waals surface area contributed by atoms with Gasteiger partial charge in [0.15, 0.2) is 11.4 Å². The molecule has 0 spiro atoms. The Morgan fingerprint density at radius 2 is 2.20 bits per heavy atom. The molecule has 0 saturated carbocycles. The van der Waals surface area contributed by atoms with Crippen molar-refractivity contribution in [2.75, 3.05) is 19.7 Å². The van der Waals surface area contributed by atoms with E-state index in [1.54, 1.807) is 10.9 Å². The summed E-state index contributed by atoms with van der Waals surface area (Å²) < 4.78 is 7.43. The second kappa shape index (κ2) is 9.44. The highest BCUT2D eigenvalue weighted by molar-refractivity contribution is 5.95. The fraction of sp³-hybridized carbons (Fsp3) is 0.444. The molecule has 1 saturated heterocycles. The number of ether oxygens (including phenoxy) is 1. The van der Waals surface area contributed by atoms with E-state index in [4.69, 9.17) is 4.74 Å². The summed E-state index contributed by atoms with van der Waals surface area (Å²) in [6.45, 7) is 4.41. The number of hydrogen-bond acceptors (Lipinski definition) is 4. The van der Waals surface area contributed by atoms with E-state index >= 15 is 0 Å². The fourth-order valence-electron chi connectivity index (χ4n) is 2.77. The lowest BCUT2D eigenvalue weighted by atomic mass is 10.1. The van der Waals surface area contributed by atoms with Crippen LogP contribution in [0.5, 0.6) is 5.75 Å². The molecule has 1 aliphatic rings. The summed E-state index contributed by atoms with van der Waals surface area (Å²) in [6.07, 6.45) is 4.72. The van der Waals surface area contributed by atoms with Gasteiger partial charge in [0, 0.05) is 12.6 Å². The molecule has 6 nitrogen and oxygen atoms in total. The molecule has 2 heterocycles. The van der Waals surface area contributed by atoms with Gasteiger partial charge >= 0.3 is 0 Å². The van der Waals surface area contributed by atoms with Crippen LogP contribution in [0.2, 0.25) is 0 Å². The number of nitrogens with zero attached hydrogens (tertiary/aromatic N) is 2. The zero-order valence-electron chi connectivity index (χ0n) is 14.4. The van der Waals surface area contributed by atoms with Gasteiger partial charge in [0.2, 0.25) is 0 Å². The van der Waals surface area contributed by atoms with Crippen LogP contribution in [0.4, 0.5) is 0 Å². The van der Waals surface area contributed by atoms with Gasteiger partial charge < -0.3 is 15.4 Å². The predicted molar refractivity (Wildman–Crippen MR) is 100.0 cm³/mol. The Bertz CT molecular complexity index is 669. The van der Waals surface area contributed by atoms with Crippen molar-refractivity contribution in [2.45, 2.75) is 32.2 Å². The number of rotatable bonds is 6. The van der Waals surface area contributed by atoms with Gasteiger partial charge in [0.05, 0.1) is 18.5 Å². The van der Waals surface area contributed by atoms with E-state index in [0.29, 0.717) is 18.1 Å². The van der Waals surface area contributed by atoms with Crippen LogP contribution in [0.3, 0.4) is 0 Å². The Balaban J connectivity index is 0.00000225. The third-order valence-electron chi connectivity index (χ3n) is 4.01. The van der Waals surface area contributed by atoms with Crippen LogP contribution >= 0.6 is 12.4 Å². The van der Waals surface area contributed by atoms with Gasteiger partial charge in [-0.2, -0.15) is 5.10 Å². The highest BCUT2D eigenvalue weighted by Gasteiger charge is 2.22. The molecule has 25 heavy (non-hydrogen) atoms. The zero-order valence-corrected chi connectivity index (χ0v) is 15.2. The molecule has 0 radical (unpaired) electrons. The van der Waals surface area contributed by atoms with Crippen LogP contribution in [-0.2, 0) is 0 Å². The number of carbonyl (C=O) groups excluding carboxylic acids is 1. The highest BCUT2D eigenvalue weighted by Crippen LogP contribution is 2.20. The number of para-hydroxylation sites is 1. The monoisotopic (exact) mass is 364 g/mol. The van der Waals surface area contributed by atoms with Crippen molar-refractivity contribution >= 4 is 18.3 Å². The van der Waals surface area contributed by atoms with Crippen molar-refractivity contribution in [1.82, 2.24) is 20.4 Å². The number of aromatic nitrogens is 2. The van der Waals surface area contributed by atoms with Crippen LogP contribution in [0.1, 0.15) is 36.7 Å². The summed E-state index contributed by atoms with van der Waals surface area (Å²) in [5, 5.41) is 10.8. The molecule has 3 rings (SSSR count). The maximum atomic E-state index is 12.6.